The van der Waals surface area contributed by atoms with Crippen LogP contribution in [0.5, 0.6) is 10.9 Å². The summed E-state index contributed by atoms with van der Waals surface area (Å²) in [6.45, 7) is 3.70. The van der Waals surface area contributed by atoms with Crippen molar-refractivity contribution in [1.82, 2.24) is 40.2 Å². The summed E-state index contributed by atoms with van der Waals surface area (Å²) in [6.07, 6.45) is 6.98. The number of aromatic nitrogens is 7. The van der Waals surface area contributed by atoms with Gasteiger partial charge in [-0.25, -0.2) is 19.7 Å². The molecule has 33 heavy (non-hydrogen) atoms. The fourth-order valence-corrected chi connectivity index (χ4v) is 4.10. The number of carbonyl (C=O) groups is 1. The third-order valence-corrected chi connectivity index (χ3v) is 6.01. The molecular weight excluding hydrogens is 442 g/mol. The quantitative estimate of drug-likeness (QED) is 0.423. The minimum atomic E-state index is -0.433. The number of benzene rings is 1. The Morgan fingerprint density at radius 1 is 1.21 bits per heavy atom. The second-order valence-electron chi connectivity index (χ2n) is 7.66. The van der Waals surface area contributed by atoms with Crippen LogP contribution in [0.2, 0.25) is 0 Å². The highest BCUT2D eigenvalue weighted by Gasteiger charge is 2.28. The Balaban J connectivity index is 1.21. The van der Waals surface area contributed by atoms with E-state index in [2.05, 4.69) is 40.9 Å². The lowest BCUT2D eigenvalue weighted by Crippen LogP contribution is -2.33. The molecule has 1 aliphatic carbocycles. The first kappa shape index (κ1) is 20.9. The lowest BCUT2D eigenvalue weighted by molar-refractivity contribution is 0.248. The van der Waals surface area contributed by atoms with Crippen LogP contribution < -0.4 is 15.4 Å². The molecule has 4 aromatic rings. The predicted octanol–water partition coefficient (Wildman–Crippen LogP) is 3.77. The van der Waals surface area contributed by atoms with Crippen LogP contribution >= 0.6 is 11.3 Å². The van der Waals surface area contributed by atoms with Crippen molar-refractivity contribution in [2.24, 2.45) is 0 Å². The normalized spacial score (nSPS) is 14.0. The number of anilines is 1. The number of rotatable bonds is 7. The second kappa shape index (κ2) is 8.90. The summed E-state index contributed by atoms with van der Waals surface area (Å²) in [6, 6.07) is 6.33. The molecule has 0 spiro atoms. The van der Waals surface area contributed by atoms with Crippen molar-refractivity contribution in [3.8, 4) is 16.9 Å². The zero-order valence-electron chi connectivity index (χ0n) is 18.0. The molecule has 1 atom stereocenters. The Labute approximate surface area is 193 Å². The molecule has 1 aromatic carbocycles. The van der Waals surface area contributed by atoms with Gasteiger partial charge in [-0.15, -0.1) is 5.10 Å². The minimum Gasteiger partial charge on any atom is -0.430 e. The zero-order chi connectivity index (χ0) is 22.8. The van der Waals surface area contributed by atoms with Gasteiger partial charge in [-0.2, -0.15) is 9.78 Å². The van der Waals surface area contributed by atoms with E-state index < -0.39 is 6.04 Å². The van der Waals surface area contributed by atoms with Gasteiger partial charge in [0.05, 0.1) is 6.04 Å². The van der Waals surface area contributed by atoms with Crippen LogP contribution in [0.15, 0.2) is 43.0 Å². The molecular formula is C21H21N9O2S. The molecule has 1 saturated carbocycles. The third-order valence-electron chi connectivity index (χ3n) is 5.05. The summed E-state index contributed by atoms with van der Waals surface area (Å²) in [5.74, 6) is 2.08. The number of urea groups is 1. The maximum absolute atomic E-state index is 12.6. The number of nitrogens with zero attached hydrogens (tertiary/aromatic N) is 7. The van der Waals surface area contributed by atoms with Crippen LogP contribution in [-0.4, -0.2) is 41.0 Å². The summed E-state index contributed by atoms with van der Waals surface area (Å²) in [4.78, 5) is 25.2. The molecule has 5 rings (SSSR count). The van der Waals surface area contributed by atoms with E-state index >= 15 is 0 Å². The van der Waals surface area contributed by atoms with Gasteiger partial charge in [0.2, 0.25) is 0 Å². The molecule has 0 saturated heterocycles. The van der Waals surface area contributed by atoms with Gasteiger partial charge in [0.15, 0.2) is 5.82 Å². The Morgan fingerprint density at radius 2 is 2.03 bits per heavy atom. The molecule has 11 nitrogen and oxygen atoms in total. The molecule has 0 aliphatic heterocycles. The Bertz CT molecular complexity index is 1270. The van der Waals surface area contributed by atoms with Crippen molar-refractivity contribution < 1.29 is 9.53 Å². The molecule has 168 valence electrons. The summed E-state index contributed by atoms with van der Waals surface area (Å²) in [5.41, 5.74) is 1.51. The maximum atomic E-state index is 12.6. The number of aryl methyl sites for hydroxylation is 1. The van der Waals surface area contributed by atoms with E-state index in [1.165, 1.54) is 35.2 Å². The van der Waals surface area contributed by atoms with Gasteiger partial charge in [-0.3, -0.25) is 0 Å². The van der Waals surface area contributed by atoms with E-state index in [4.69, 9.17) is 4.74 Å². The van der Waals surface area contributed by atoms with Crippen molar-refractivity contribution in [2.75, 3.05) is 5.32 Å². The maximum Gasteiger partial charge on any atom is 0.319 e. The topological polar surface area (TPSA) is 133 Å². The Kier molecular flexibility index (Phi) is 5.65. The molecule has 1 fully saturated rings. The number of hydrogen-bond donors (Lipinski definition) is 2. The second-order valence-corrected chi connectivity index (χ2v) is 8.63. The fraction of sp³-hybridized carbons (Fsp3) is 0.286. The van der Waals surface area contributed by atoms with Crippen LogP contribution in [0.25, 0.3) is 5.95 Å². The van der Waals surface area contributed by atoms with Crippen molar-refractivity contribution in [1.29, 1.82) is 0 Å². The largest absolute Gasteiger partial charge is 0.430 e. The van der Waals surface area contributed by atoms with Crippen LogP contribution in [0.4, 0.5) is 10.5 Å². The molecule has 2 amide bonds. The van der Waals surface area contributed by atoms with E-state index in [1.54, 1.807) is 30.6 Å². The van der Waals surface area contributed by atoms with Gasteiger partial charge in [0.25, 0.3) is 11.1 Å². The first-order chi connectivity index (χ1) is 16.1. The third kappa shape index (κ3) is 4.80. The van der Waals surface area contributed by atoms with Crippen molar-refractivity contribution in [3.63, 3.8) is 0 Å². The lowest BCUT2D eigenvalue weighted by atomic mass is 10.2. The highest BCUT2D eigenvalue weighted by Crippen LogP contribution is 2.43. The first-order valence-electron chi connectivity index (χ1n) is 10.4. The average molecular weight is 464 g/mol. The van der Waals surface area contributed by atoms with E-state index in [9.17, 15) is 4.79 Å². The minimum absolute atomic E-state index is 0.374. The summed E-state index contributed by atoms with van der Waals surface area (Å²) in [5, 5.41) is 19.7. The fourth-order valence-electron chi connectivity index (χ4n) is 3.22. The number of carbonyl (C=O) groups excluding carboxylic acids is 1. The number of ether oxygens (including phenoxy) is 1. The first-order valence-corrected chi connectivity index (χ1v) is 11.2. The van der Waals surface area contributed by atoms with Crippen LogP contribution in [-0.2, 0) is 0 Å². The number of hydrogen-bond acceptors (Lipinski definition) is 9. The van der Waals surface area contributed by atoms with Crippen molar-refractivity contribution in [2.45, 2.75) is 38.6 Å². The highest BCUT2D eigenvalue weighted by atomic mass is 32.1. The Hall–Kier alpha value is -3.93. The van der Waals surface area contributed by atoms with Gasteiger partial charge in [-0.1, -0.05) is 16.4 Å². The molecule has 2 N–H and O–H groups in total. The van der Waals surface area contributed by atoms with Crippen molar-refractivity contribution >= 4 is 23.1 Å². The van der Waals surface area contributed by atoms with E-state index in [1.807, 2.05) is 19.9 Å². The molecule has 1 aliphatic rings. The van der Waals surface area contributed by atoms with Crippen LogP contribution in [0, 0.1) is 6.92 Å². The standard InChI is InChI=1S/C21H21N9O2S/c1-12-10-15(32-21-29-28-18(33-21)14-4-5-14)6-7-16(12)27-20(31)26-13(2)17-24-11-25-30(17)19-22-8-3-9-23-19/h3,6-11,13-14H,4-5H2,1-2H3,(H2,26,27,31). The van der Waals surface area contributed by atoms with Gasteiger partial charge in [0, 0.05) is 24.0 Å². The molecule has 0 bridgehead atoms. The number of nitrogens with one attached hydrogen (secondary N) is 2. The summed E-state index contributed by atoms with van der Waals surface area (Å²) >= 11 is 1.48. The molecule has 3 heterocycles. The van der Waals surface area contributed by atoms with E-state index in [0.29, 0.717) is 34.3 Å². The SMILES string of the molecule is Cc1cc(Oc2nnc(C3CC3)s2)ccc1NC(=O)NC(C)c1ncnn1-c1ncccn1. The molecule has 3 aromatic heterocycles. The monoisotopic (exact) mass is 463 g/mol. The van der Waals surface area contributed by atoms with Gasteiger partial charge in [-0.05, 0) is 56.5 Å². The predicted molar refractivity (Wildman–Crippen MR) is 121 cm³/mol. The lowest BCUT2D eigenvalue weighted by Gasteiger charge is -2.15. The van der Waals surface area contributed by atoms with Gasteiger partial charge < -0.3 is 15.4 Å². The molecule has 1 unspecified atom stereocenters. The van der Waals surface area contributed by atoms with Crippen LogP contribution in [0.3, 0.4) is 0 Å². The molecule has 12 heteroatoms. The summed E-state index contributed by atoms with van der Waals surface area (Å²) < 4.78 is 7.32. The van der Waals surface area contributed by atoms with Gasteiger partial charge >= 0.3 is 6.03 Å². The Morgan fingerprint density at radius 3 is 2.79 bits per heavy atom. The van der Waals surface area contributed by atoms with Crippen LogP contribution in [0.1, 0.15) is 48.1 Å². The smallest absolute Gasteiger partial charge is 0.319 e. The molecule has 0 radical (unpaired) electrons. The van der Waals surface area contributed by atoms with E-state index in [0.717, 1.165) is 10.6 Å². The van der Waals surface area contributed by atoms with E-state index in [-0.39, 0.29) is 6.03 Å². The zero-order valence-corrected chi connectivity index (χ0v) is 18.8. The van der Waals surface area contributed by atoms with Crippen molar-refractivity contribution in [3.05, 3.63) is 59.4 Å². The van der Waals surface area contributed by atoms with Gasteiger partial charge in [0.1, 0.15) is 17.1 Å². The highest BCUT2D eigenvalue weighted by molar-refractivity contribution is 7.13. The number of amides is 2. The average Bonchev–Trinajstić information content (AvgIpc) is 3.35. The summed E-state index contributed by atoms with van der Waals surface area (Å²) in [7, 11) is 0.